The molecule has 90 valence electrons. The van der Waals surface area contributed by atoms with Gasteiger partial charge in [-0.25, -0.2) is 4.79 Å². The summed E-state index contributed by atoms with van der Waals surface area (Å²) < 4.78 is 7.07. The average molecular weight is 233 g/mol. The largest absolute Gasteiger partial charge is 0.497 e. The number of carboxylic acid groups (broad SMARTS) is 1. The highest BCUT2D eigenvalue weighted by molar-refractivity contribution is 6.05. The number of aryl methyl sites for hydroxylation is 1. The Morgan fingerprint density at radius 2 is 2.18 bits per heavy atom. The van der Waals surface area contributed by atoms with Crippen molar-refractivity contribution in [3.8, 4) is 5.75 Å². The molecule has 0 fully saturated rings. The van der Waals surface area contributed by atoms with E-state index < -0.39 is 5.97 Å². The van der Waals surface area contributed by atoms with E-state index in [9.17, 15) is 9.90 Å². The molecule has 4 nitrogen and oxygen atoms in total. The van der Waals surface area contributed by atoms with Gasteiger partial charge >= 0.3 is 5.97 Å². The van der Waals surface area contributed by atoms with Gasteiger partial charge in [0, 0.05) is 23.6 Å². The van der Waals surface area contributed by atoms with Gasteiger partial charge in [0.25, 0.3) is 0 Å². The second-order valence-corrected chi connectivity index (χ2v) is 3.92. The molecule has 0 atom stereocenters. The summed E-state index contributed by atoms with van der Waals surface area (Å²) in [6.07, 6.45) is 0.690. The van der Waals surface area contributed by atoms with Gasteiger partial charge < -0.3 is 14.4 Å². The normalized spacial score (nSPS) is 10.8. The van der Waals surface area contributed by atoms with Gasteiger partial charge in [-0.1, -0.05) is 6.92 Å². The minimum Gasteiger partial charge on any atom is -0.497 e. The maximum absolute atomic E-state index is 11.4. The van der Waals surface area contributed by atoms with E-state index in [0.717, 1.165) is 16.6 Å². The van der Waals surface area contributed by atoms with Gasteiger partial charge in [0.1, 0.15) is 5.75 Å². The number of aromatic nitrogens is 1. The summed E-state index contributed by atoms with van der Waals surface area (Å²) in [5.41, 5.74) is 2.13. The van der Waals surface area contributed by atoms with E-state index in [4.69, 9.17) is 4.74 Å². The van der Waals surface area contributed by atoms with Crippen LogP contribution in [0.4, 0.5) is 0 Å². The Kier molecular flexibility index (Phi) is 2.79. The van der Waals surface area contributed by atoms with Crippen molar-refractivity contribution in [3.05, 3.63) is 29.5 Å². The van der Waals surface area contributed by atoms with Gasteiger partial charge in [0.2, 0.25) is 0 Å². The molecule has 0 aliphatic heterocycles. The lowest BCUT2D eigenvalue weighted by Crippen LogP contribution is -2.02. The van der Waals surface area contributed by atoms with E-state index in [0.29, 0.717) is 17.7 Å². The first-order valence-corrected chi connectivity index (χ1v) is 5.48. The number of hydrogen-bond donors (Lipinski definition) is 1. The van der Waals surface area contributed by atoms with Crippen LogP contribution in [0.2, 0.25) is 0 Å². The highest BCUT2D eigenvalue weighted by atomic mass is 16.5. The number of nitrogens with zero attached hydrogens (tertiary/aromatic N) is 1. The van der Waals surface area contributed by atoms with Crippen LogP contribution in [-0.2, 0) is 13.5 Å². The van der Waals surface area contributed by atoms with Crippen molar-refractivity contribution in [2.45, 2.75) is 13.3 Å². The highest BCUT2D eigenvalue weighted by Gasteiger charge is 2.19. The van der Waals surface area contributed by atoms with Crippen LogP contribution in [0.3, 0.4) is 0 Å². The lowest BCUT2D eigenvalue weighted by atomic mass is 10.1. The number of carboxylic acids is 1. The first-order chi connectivity index (χ1) is 8.10. The molecule has 1 aromatic carbocycles. The number of rotatable bonds is 3. The van der Waals surface area contributed by atoms with Crippen LogP contribution in [0.1, 0.15) is 23.0 Å². The Morgan fingerprint density at radius 3 is 2.71 bits per heavy atom. The predicted octanol–water partition coefficient (Wildman–Crippen LogP) is 2.45. The third-order valence-electron chi connectivity index (χ3n) is 3.08. The molecular weight excluding hydrogens is 218 g/mol. The zero-order chi connectivity index (χ0) is 12.6. The molecule has 0 amide bonds. The number of benzene rings is 1. The van der Waals surface area contributed by atoms with Gasteiger partial charge in [0.05, 0.1) is 12.7 Å². The van der Waals surface area contributed by atoms with E-state index in [2.05, 4.69) is 0 Å². The van der Waals surface area contributed by atoms with Crippen molar-refractivity contribution in [2.24, 2.45) is 7.05 Å². The SMILES string of the molecule is CCc1c(C(=O)O)c2cc(OC)ccc2n1C. The van der Waals surface area contributed by atoms with Gasteiger partial charge in [0.15, 0.2) is 0 Å². The smallest absolute Gasteiger partial charge is 0.338 e. The van der Waals surface area contributed by atoms with Crippen LogP contribution in [0.5, 0.6) is 5.75 Å². The van der Waals surface area contributed by atoms with Crippen LogP contribution in [0.15, 0.2) is 18.2 Å². The maximum Gasteiger partial charge on any atom is 0.338 e. The summed E-state index contributed by atoms with van der Waals surface area (Å²) in [7, 11) is 3.46. The van der Waals surface area contributed by atoms with Crippen molar-refractivity contribution in [3.63, 3.8) is 0 Å². The van der Waals surface area contributed by atoms with Crippen molar-refractivity contribution < 1.29 is 14.6 Å². The molecule has 0 radical (unpaired) electrons. The fraction of sp³-hybridized carbons (Fsp3) is 0.308. The Labute approximate surface area is 99.4 Å². The number of aromatic carboxylic acids is 1. The second-order valence-electron chi connectivity index (χ2n) is 3.92. The Hall–Kier alpha value is -1.97. The maximum atomic E-state index is 11.4. The van der Waals surface area contributed by atoms with Crippen molar-refractivity contribution >= 4 is 16.9 Å². The van der Waals surface area contributed by atoms with E-state index in [1.807, 2.05) is 30.7 Å². The van der Waals surface area contributed by atoms with E-state index >= 15 is 0 Å². The average Bonchev–Trinajstić information content (AvgIpc) is 2.61. The summed E-state index contributed by atoms with van der Waals surface area (Å²) in [6.45, 7) is 1.96. The fourth-order valence-corrected chi connectivity index (χ4v) is 2.26. The predicted molar refractivity (Wildman–Crippen MR) is 65.8 cm³/mol. The molecule has 4 heteroatoms. The third-order valence-corrected chi connectivity index (χ3v) is 3.08. The molecule has 1 heterocycles. The third kappa shape index (κ3) is 1.65. The van der Waals surface area contributed by atoms with E-state index in [-0.39, 0.29) is 0 Å². The summed E-state index contributed by atoms with van der Waals surface area (Å²) in [5, 5.41) is 10.1. The molecule has 0 unspecified atom stereocenters. The molecule has 1 N–H and O–H groups in total. The van der Waals surface area contributed by atoms with Crippen molar-refractivity contribution in [1.29, 1.82) is 0 Å². The van der Waals surface area contributed by atoms with Crippen molar-refractivity contribution in [1.82, 2.24) is 4.57 Å². The van der Waals surface area contributed by atoms with E-state index in [1.165, 1.54) is 0 Å². The van der Waals surface area contributed by atoms with Crippen LogP contribution in [0, 0.1) is 0 Å². The minimum atomic E-state index is -0.888. The summed E-state index contributed by atoms with van der Waals surface area (Å²) in [6, 6.07) is 5.51. The van der Waals surface area contributed by atoms with Gasteiger partial charge in [-0.15, -0.1) is 0 Å². The number of carbonyl (C=O) groups is 1. The monoisotopic (exact) mass is 233 g/mol. The molecule has 0 aliphatic carbocycles. The first kappa shape index (κ1) is 11.5. The Balaban J connectivity index is 2.86. The lowest BCUT2D eigenvalue weighted by molar-refractivity contribution is 0.0697. The summed E-state index contributed by atoms with van der Waals surface area (Å²) >= 11 is 0. The zero-order valence-electron chi connectivity index (χ0n) is 10.2. The summed E-state index contributed by atoms with van der Waals surface area (Å²) in [5.74, 6) is -0.214. The highest BCUT2D eigenvalue weighted by Crippen LogP contribution is 2.29. The van der Waals surface area contributed by atoms with Crippen molar-refractivity contribution in [2.75, 3.05) is 7.11 Å². The second kappa shape index (κ2) is 4.13. The molecule has 0 saturated heterocycles. The van der Waals surface area contributed by atoms with Gasteiger partial charge in [-0.2, -0.15) is 0 Å². The molecule has 1 aromatic heterocycles. The lowest BCUT2D eigenvalue weighted by Gasteiger charge is -2.01. The molecular formula is C13H15NO3. The van der Waals surface area contributed by atoms with Crippen LogP contribution in [-0.4, -0.2) is 22.8 Å². The number of hydrogen-bond acceptors (Lipinski definition) is 2. The molecule has 0 spiro atoms. The number of fused-ring (bicyclic) bond motifs is 1. The number of ether oxygens (including phenoxy) is 1. The first-order valence-electron chi connectivity index (χ1n) is 5.48. The Morgan fingerprint density at radius 1 is 1.47 bits per heavy atom. The van der Waals surface area contributed by atoms with Crippen LogP contribution in [0.25, 0.3) is 10.9 Å². The zero-order valence-corrected chi connectivity index (χ0v) is 10.2. The van der Waals surface area contributed by atoms with Crippen LogP contribution >= 0.6 is 0 Å². The fourth-order valence-electron chi connectivity index (χ4n) is 2.26. The quantitative estimate of drug-likeness (QED) is 0.885. The molecule has 2 aromatic rings. The van der Waals surface area contributed by atoms with Gasteiger partial charge in [-0.05, 0) is 24.6 Å². The minimum absolute atomic E-state index is 0.379. The molecule has 0 saturated carbocycles. The standard InChI is InChI=1S/C13H15NO3/c1-4-10-12(13(15)16)9-7-8(17-3)5-6-11(9)14(10)2/h5-7H,4H2,1-3H3,(H,15,16). The molecule has 2 rings (SSSR count). The molecule has 0 bridgehead atoms. The molecule has 0 aliphatic rings. The molecule has 17 heavy (non-hydrogen) atoms. The summed E-state index contributed by atoms with van der Waals surface area (Å²) in [4.78, 5) is 11.4. The van der Waals surface area contributed by atoms with Crippen LogP contribution < -0.4 is 4.74 Å². The Bertz CT molecular complexity index is 584. The number of methoxy groups -OCH3 is 1. The van der Waals surface area contributed by atoms with Gasteiger partial charge in [-0.3, -0.25) is 0 Å². The topological polar surface area (TPSA) is 51.5 Å². The van der Waals surface area contributed by atoms with E-state index in [1.54, 1.807) is 13.2 Å².